The van der Waals surface area contributed by atoms with E-state index in [1.165, 1.54) is 41.3 Å². The van der Waals surface area contributed by atoms with Gasteiger partial charge in [-0.25, -0.2) is 4.79 Å². The Morgan fingerprint density at radius 2 is 0.845 bits per heavy atom. The molecular formula is C75H80FN13O20S. The van der Waals surface area contributed by atoms with Gasteiger partial charge in [0.15, 0.2) is 0 Å². The molecule has 110 heavy (non-hydrogen) atoms. The number of phenolic OH excluding ortho intramolecular Hbond substituents is 1. The molecule has 1 aliphatic rings. The SMILES string of the molecule is NC(=O)C[C@H](NC(=O)[C@@H]1CCCN1C(=O)[C@H](Cc1c[nH]c2ccccc12)NC(=O)[C@H](Cc1c[nH]c2ccccc12)NC(=O)[C@H](Cc1ccc(OS(=O)(=O)F)cc1)NC(=O)[C@@H](Cc1ccc(O)cc1)NC(=O)[C@@H](Cc1ccccc1)NC(=O)[C@@H](CC(=O)O)NC(=O)[C@@H](N)CC(=O)O)C(=O)N[C@@H](Cc1ccccc1)C(=O)O. The summed E-state index contributed by atoms with van der Waals surface area (Å²) in [6, 6.07) is 23.0. The second kappa shape index (κ2) is 37.5. The summed E-state index contributed by atoms with van der Waals surface area (Å²) >= 11 is 0. The van der Waals surface area contributed by atoms with Crippen molar-refractivity contribution in [3.63, 3.8) is 0 Å². The number of H-pyrrole nitrogens is 2. The van der Waals surface area contributed by atoms with Crippen molar-refractivity contribution < 1.29 is 99.2 Å². The van der Waals surface area contributed by atoms with Crippen molar-refractivity contribution in [2.24, 2.45) is 11.5 Å². The molecule has 0 saturated carbocycles. The average Bonchev–Trinajstić information content (AvgIpc) is 1.64. The lowest BCUT2D eigenvalue weighted by Gasteiger charge is -2.31. The number of amides is 10. The molecule has 35 heteroatoms. The number of likely N-dealkylation sites (tertiary alicyclic amines) is 1. The second-order valence-corrected chi connectivity index (χ2v) is 27.1. The Morgan fingerprint density at radius 3 is 1.30 bits per heavy atom. The van der Waals surface area contributed by atoms with E-state index in [1.807, 2.05) is 0 Å². The number of aliphatic carboxylic acids is 3. The number of para-hydroxylation sites is 2. The van der Waals surface area contributed by atoms with Crippen molar-refractivity contribution in [1.82, 2.24) is 57.4 Å². The number of halogens is 1. The molecule has 0 aliphatic carbocycles. The highest BCUT2D eigenvalue weighted by atomic mass is 32.3. The zero-order valence-corrected chi connectivity index (χ0v) is 59.5. The summed E-state index contributed by atoms with van der Waals surface area (Å²) in [5.41, 5.74) is 14.8. The van der Waals surface area contributed by atoms with E-state index >= 15 is 19.2 Å². The van der Waals surface area contributed by atoms with Crippen LogP contribution in [0, 0.1) is 0 Å². The van der Waals surface area contributed by atoms with Crippen LogP contribution in [-0.2, 0) is 111 Å². The lowest BCUT2D eigenvalue weighted by Crippen LogP contribution is -2.61. The van der Waals surface area contributed by atoms with E-state index in [4.69, 9.17) is 11.5 Å². The van der Waals surface area contributed by atoms with Crippen LogP contribution in [0.5, 0.6) is 11.5 Å². The number of carbonyl (C=O) groups is 13. The van der Waals surface area contributed by atoms with Crippen molar-refractivity contribution in [2.75, 3.05) is 6.54 Å². The van der Waals surface area contributed by atoms with Crippen LogP contribution in [-0.4, -0.2) is 188 Å². The van der Waals surface area contributed by atoms with Gasteiger partial charge in [-0.2, -0.15) is 8.42 Å². The van der Waals surface area contributed by atoms with Crippen LogP contribution in [0.1, 0.15) is 65.5 Å². The van der Waals surface area contributed by atoms with Crippen LogP contribution in [0.2, 0.25) is 0 Å². The fourth-order valence-corrected chi connectivity index (χ4v) is 13.0. The summed E-state index contributed by atoms with van der Waals surface area (Å²) in [7, 11) is -5.56. The summed E-state index contributed by atoms with van der Waals surface area (Å²) in [5, 5.41) is 60.9. The van der Waals surface area contributed by atoms with Gasteiger partial charge in [-0.15, -0.1) is 0 Å². The Morgan fingerprint density at radius 1 is 0.464 bits per heavy atom. The molecule has 0 bridgehead atoms. The average molecular weight is 1530 g/mol. The molecule has 1 fully saturated rings. The molecule has 1 aliphatic heterocycles. The summed E-state index contributed by atoms with van der Waals surface area (Å²) in [5.74, 6) is -16.0. The first kappa shape index (κ1) is 81.0. The maximum absolute atomic E-state index is 15.7. The molecule has 6 aromatic carbocycles. The molecule has 2 aromatic heterocycles. The van der Waals surface area contributed by atoms with Crippen LogP contribution >= 0.6 is 0 Å². The zero-order valence-electron chi connectivity index (χ0n) is 58.6. The van der Waals surface area contributed by atoms with Crippen molar-refractivity contribution in [3.8, 4) is 11.5 Å². The molecule has 8 aromatic rings. The van der Waals surface area contributed by atoms with Gasteiger partial charge in [0.25, 0.3) is 0 Å². The van der Waals surface area contributed by atoms with Crippen molar-refractivity contribution in [3.05, 3.63) is 203 Å². The predicted molar refractivity (Wildman–Crippen MR) is 391 cm³/mol. The number of aromatic amines is 2. The molecule has 9 rings (SSSR count). The smallest absolute Gasteiger partial charge is 0.488 e. The van der Waals surface area contributed by atoms with Gasteiger partial charge in [0.2, 0.25) is 59.1 Å². The third-order valence-electron chi connectivity index (χ3n) is 18.1. The van der Waals surface area contributed by atoms with Gasteiger partial charge in [-0.05, 0) is 82.6 Å². The molecular weight excluding hydrogens is 1450 g/mol. The van der Waals surface area contributed by atoms with Gasteiger partial charge in [-0.3, -0.25) is 57.5 Å². The molecule has 0 unspecified atom stereocenters. The number of nitrogens with one attached hydrogen (secondary N) is 10. The van der Waals surface area contributed by atoms with Crippen LogP contribution in [0.3, 0.4) is 0 Å². The largest absolute Gasteiger partial charge is 0.508 e. The first-order valence-electron chi connectivity index (χ1n) is 34.6. The quantitative estimate of drug-likeness (QED) is 0.0238. The van der Waals surface area contributed by atoms with E-state index < -0.39 is 186 Å². The number of nitrogens with two attached hydrogens (primary N) is 2. The topological polar surface area (TPSA) is 529 Å². The highest BCUT2D eigenvalue weighted by Gasteiger charge is 2.42. The fraction of sp³-hybridized carbons (Fsp3) is 0.293. The molecule has 18 N–H and O–H groups in total. The number of carbonyl (C=O) groups excluding carboxylic acids is 10. The van der Waals surface area contributed by atoms with Crippen molar-refractivity contribution in [1.29, 1.82) is 0 Å². The first-order chi connectivity index (χ1) is 52.4. The van der Waals surface area contributed by atoms with Gasteiger partial charge >= 0.3 is 28.4 Å². The number of phenols is 1. The molecule has 0 spiro atoms. The van der Waals surface area contributed by atoms with Gasteiger partial charge in [0.1, 0.15) is 65.9 Å². The summed E-state index contributed by atoms with van der Waals surface area (Å²) in [4.78, 5) is 189. The van der Waals surface area contributed by atoms with E-state index in [1.54, 1.807) is 122 Å². The molecule has 10 amide bonds. The van der Waals surface area contributed by atoms with Gasteiger partial charge in [0, 0.05) is 79.3 Å². The Bertz CT molecular complexity index is 4820. The standard InChI is InChI=1S/C75H80FN13O20S/c76-110(107,108)109-48-27-23-44(24-28-48)32-56(83-68(98)55(31-43-21-25-47(90)26-22-43)82-67(97)54(30-41-12-3-1-4-13-41)84-72(102)59(38-65(94)95)81-66(96)51(77)36-64(92)93)69(99)85-57(34-45-39-79-52-18-9-7-16-49(45)52)70(100)87-60(35-46-40-80-53-19-10-8-17-50(46)53)74(104)89-29-11-20-62(89)73(103)86-58(37-63(78)91)71(101)88-61(75(105)106)33-42-14-5-2-6-15-42/h1-10,12-19,21-28,39-40,51,54-62,79-80,90H,11,20,29-38,77H2,(H2,78,91)(H,81,96)(H,82,97)(H,83,98)(H,84,102)(H,85,99)(H,86,103)(H,87,100)(H,88,101)(H,92,93)(H,94,95)(H,105,106)/t51-,54+,55+,56-,57-,58-,59+,60-,61-,62-/m0/s1. The highest BCUT2D eigenvalue weighted by molar-refractivity contribution is 7.81. The molecule has 1 saturated heterocycles. The molecule has 10 atom stereocenters. The number of aromatic hydroxyl groups is 1. The summed E-state index contributed by atoms with van der Waals surface area (Å²) in [6.45, 7) is -0.0911. The Kier molecular flexibility index (Phi) is 27.6. The maximum Gasteiger partial charge on any atom is 0.488 e. The van der Waals surface area contributed by atoms with Crippen LogP contribution in [0.25, 0.3) is 21.8 Å². The maximum atomic E-state index is 15.7. The normalized spacial score (nSPS) is 15.1. The third-order valence-corrected chi connectivity index (χ3v) is 18.5. The Balaban J connectivity index is 1.05. The van der Waals surface area contributed by atoms with E-state index in [9.17, 15) is 75.9 Å². The summed E-state index contributed by atoms with van der Waals surface area (Å²) in [6.07, 6.45) is -1.56. The van der Waals surface area contributed by atoms with Gasteiger partial charge in [-0.1, -0.05) is 125 Å². The number of benzene rings is 6. The van der Waals surface area contributed by atoms with E-state index in [2.05, 4.69) is 56.7 Å². The summed E-state index contributed by atoms with van der Waals surface area (Å²) < 4.78 is 41.3. The monoisotopic (exact) mass is 1530 g/mol. The molecule has 3 heterocycles. The van der Waals surface area contributed by atoms with Crippen molar-refractivity contribution >= 4 is 109 Å². The van der Waals surface area contributed by atoms with E-state index in [0.29, 0.717) is 44.1 Å². The number of aromatic nitrogens is 2. The third kappa shape index (κ3) is 23.2. The van der Waals surface area contributed by atoms with Crippen LogP contribution in [0.15, 0.2) is 170 Å². The zero-order chi connectivity index (χ0) is 79.3. The first-order valence-corrected chi connectivity index (χ1v) is 35.9. The molecule has 33 nitrogen and oxygen atoms in total. The van der Waals surface area contributed by atoms with Gasteiger partial charge in [0.05, 0.1) is 25.3 Å². The highest BCUT2D eigenvalue weighted by Crippen LogP contribution is 2.26. The number of carboxylic acid groups (broad SMARTS) is 3. The minimum atomic E-state index is -5.56. The van der Waals surface area contributed by atoms with Gasteiger partial charge < -0.3 is 93.5 Å². The van der Waals surface area contributed by atoms with Crippen LogP contribution < -0.4 is 58.2 Å². The number of hydrogen-bond acceptors (Lipinski definition) is 18. The number of fused-ring (bicyclic) bond motifs is 2. The Labute approximate surface area is 627 Å². The predicted octanol–water partition coefficient (Wildman–Crippen LogP) is 0.810. The van der Waals surface area contributed by atoms with E-state index in [-0.39, 0.29) is 61.9 Å². The minimum Gasteiger partial charge on any atom is -0.508 e. The number of rotatable bonds is 38. The molecule has 0 radical (unpaired) electrons. The number of primary amides is 1. The second-order valence-electron chi connectivity index (χ2n) is 26.2. The number of nitrogens with zero attached hydrogens (tertiary/aromatic N) is 1. The van der Waals surface area contributed by atoms with E-state index in [0.717, 1.165) is 12.1 Å². The minimum absolute atomic E-state index is 0.00593. The number of carboxylic acids is 3. The Hall–Kier alpha value is -13.1. The number of hydrogen-bond donors (Lipinski definition) is 16. The lowest BCUT2D eigenvalue weighted by molar-refractivity contribution is -0.144. The van der Waals surface area contributed by atoms with Crippen molar-refractivity contribution in [2.45, 2.75) is 131 Å². The fourth-order valence-electron chi connectivity index (χ4n) is 12.6. The van der Waals surface area contributed by atoms with Crippen LogP contribution in [0.4, 0.5) is 3.89 Å². The lowest BCUT2D eigenvalue weighted by atomic mass is 9.99. The molecule has 578 valence electrons.